The number of carbonyl (C=O) groups is 1. The molecule has 0 fully saturated rings. The average Bonchev–Trinajstić information content (AvgIpc) is 3.14. The molecular formula is C24H23FN4O4S. The maximum absolute atomic E-state index is 13.2. The number of fused-ring (bicyclic) bond motifs is 1. The van der Waals surface area contributed by atoms with E-state index in [1.54, 1.807) is 18.5 Å². The molecule has 4 aromatic rings. The summed E-state index contributed by atoms with van der Waals surface area (Å²) in [5, 5.41) is 7.99. The Morgan fingerprint density at radius 1 is 1.12 bits per heavy atom. The molecule has 0 amide bonds. The highest BCUT2D eigenvalue weighted by molar-refractivity contribution is 7.91. The normalized spacial score (nSPS) is 11.5. The van der Waals surface area contributed by atoms with E-state index >= 15 is 0 Å². The number of rotatable bonds is 8. The van der Waals surface area contributed by atoms with Crippen LogP contribution < -0.4 is 5.32 Å². The quantitative estimate of drug-likeness (QED) is 0.300. The van der Waals surface area contributed by atoms with Crippen LogP contribution in [-0.4, -0.2) is 41.6 Å². The Bertz CT molecular complexity index is 1440. The number of benzene rings is 2. The molecule has 0 aliphatic heterocycles. The van der Waals surface area contributed by atoms with E-state index in [2.05, 4.69) is 15.4 Å². The van der Waals surface area contributed by atoms with Crippen molar-refractivity contribution in [2.45, 2.75) is 25.3 Å². The summed E-state index contributed by atoms with van der Waals surface area (Å²) in [5.74, 6) is -1.68. The van der Waals surface area contributed by atoms with E-state index in [9.17, 15) is 17.6 Å². The van der Waals surface area contributed by atoms with Crippen molar-refractivity contribution in [1.82, 2.24) is 14.8 Å². The van der Waals surface area contributed by atoms with Crippen molar-refractivity contribution < 1.29 is 22.3 Å². The Morgan fingerprint density at radius 3 is 2.50 bits per heavy atom. The molecule has 0 aliphatic carbocycles. The Kier molecular flexibility index (Phi) is 6.60. The van der Waals surface area contributed by atoms with Crippen molar-refractivity contribution in [2.75, 3.05) is 17.8 Å². The first-order chi connectivity index (χ1) is 16.3. The minimum Gasteiger partial charge on any atom is -0.462 e. The molecule has 2 aromatic heterocycles. The number of hydrogen-bond donors (Lipinski definition) is 1. The second kappa shape index (κ2) is 9.60. The van der Waals surface area contributed by atoms with Crippen LogP contribution in [0.3, 0.4) is 0 Å². The van der Waals surface area contributed by atoms with Gasteiger partial charge < -0.3 is 10.1 Å². The predicted octanol–water partition coefficient (Wildman–Crippen LogP) is 3.95. The predicted molar refractivity (Wildman–Crippen MR) is 126 cm³/mol. The third-order valence-electron chi connectivity index (χ3n) is 5.22. The zero-order chi connectivity index (χ0) is 24.3. The number of pyridine rings is 1. The molecule has 0 spiro atoms. The van der Waals surface area contributed by atoms with Crippen molar-refractivity contribution in [1.29, 1.82) is 0 Å². The molecule has 0 atom stereocenters. The van der Waals surface area contributed by atoms with Gasteiger partial charge in [0.15, 0.2) is 15.5 Å². The fourth-order valence-electron chi connectivity index (χ4n) is 3.62. The number of anilines is 1. The number of carbonyl (C=O) groups excluding carboxylic acids is 1. The summed E-state index contributed by atoms with van der Waals surface area (Å²) < 4.78 is 45.8. The Morgan fingerprint density at radius 2 is 1.82 bits per heavy atom. The molecule has 4 rings (SSSR count). The number of nitrogens with zero attached hydrogens (tertiary/aromatic N) is 3. The van der Waals surface area contributed by atoms with Crippen molar-refractivity contribution in [2.24, 2.45) is 0 Å². The summed E-state index contributed by atoms with van der Waals surface area (Å²) in [7, 11) is -3.83. The van der Waals surface area contributed by atoms with Gasteiger partial charge in [-0.2, -0.15) is 5.10 Å². The van der Waals surface area contributed by atoms with Crippen LogP contribution in [-0.2, 0) is 21.1 Å². The van der Waals surface area contributed by atoms with E-state index in [0.29, 0.717) is 23.3 Å². The van der Waals surface area contributed by atoms with Gasteiger partial charge in [0.05, 0.1) is 34.8 Å². The van der Waals surface area contributed by atoms with Gasteiger partial charge in [0.25, 0.3) is 0 Å². The first kappa shape index (κ1) is 23.4. The third-order valence-corrected chi connectivity index (χ3v) is 6.73. The lowest BCUT2D eigenvalue weighted by molar-refractivity contribution is 0.0527. The minimum absolute atomic E-state index is 0.0409. The maximum atomic E-state index is 13.2. The van der Waals surface area contributed by atoms with Crippen LogP contribution in [0.25, 0.3) is 11.0 Å². The van der Waals surface area contributed by atoms with Crippen LogP contribution in [0.5, 0.6) is 0 Å². The molecule has 0 saturated heterocycles. The highest BCUT2D eigenvalue weighted by Crippen LogP contribution is 2.30. The summed E-state index contributed by atoms with van der Waals surface area (Å²) in [6, 6.07) is 14.3. The largest absolute Gasteiger partial charge is 0.462 e. The summed E-state index contributed by atoms with van der Waals surface area (Å²) in [4.78, 5) is 17.0. The van der Waals surface area contributed by atoms with Gasteiger partial charge in [-0.05, 0) is 43.7 Å². The number of ether oxygens (including phenoxy) is 1. The average molecular weight is 483 g/mol. The van der Waals surface area contributed by atoms with Gasteiger partial charge in [0.2, 0.25) is 0 Å². The van der Waals surface area contributed by atoms with E-state index in [-0.39, 0.29) is 22.8 Å². The van der Waals surface area contributed by atoms with Crippen LogP contribution in [0, 0.1) is 12.7 Å². The van der Waals surface area contributed by atoms with E-state index in [0.717, 1.165) is 17.7 Å². The number of sulfone groups is 1. The van der Waals surface area contributed by atoms with E-state index in [1.165, 1.54) is 18.3 Å². The number of esters is 1. The van der Waals surface area contributed by atoms with Crippen molar-refractivity contribution >= 4 is 32.5 Å². The van der Waals surface area contributed by atoms with Gasteiger partial charge >= 0.3 is 5.97 Å². The standard InChI is InChI=1S/C24H23FN4O4S/c1-3-33-24(30)20-13-26-23-21(16(2)28-29(23)14-17-7-5-4-6-8-17)22(20)27-15-34(31,32)19-11-9-18(25)10-12-19/h4-13H,3,14-15H2,1-2H3,(H,26,27). The summed E-state index contributed by atoms with van der Waals surface area (Å²) in [6.45, 7) is 4.04. The highest BCUT2D eigenvalue weighted by Gasteiger charge is 2.23. The molecule has 2 heterocycles. The molecule has 34 heavy (non-hydrogen) atoms. The lowest BCUT2D eigenvalue weighted by Crippen LogP contribution is -2.18. The fraction of sp³-hybridized carbons (Fsp3) is 0.208. The first-order valence-corrected chi connectivity index (χ1v) is 12.2. The molecule has 0 aliphatic rings. The Balaban J connectivity index is 1.76. The van der Waals surface area contributed by atoms with Gasteiger partial charge in [-0.3, -0.25) is 0 Å². The second-order valence-electron chi connectivity index (χ2n) is 7.58. The second-order valence-corrected chi connectivity index (χ2v) is 9.57. The zero-order valence-electron chi connectivity index (χ0n) is 18.7. The Hall–Kier alpha value is -3.79. The lowest BCUT2D eigenvalue weighted by Gasteiger charge is -2.14. The molecular weight excluding hydrogens is 459 g/mol. The molecule has 176 valence electrons. The zero-order valence-corrected chi connectivity index (χ0v) is 19.5. The van der Waals surface area contributed by atoms with Gasteiger partial charge in [0, 0.05) is 6.20 Å². The lowest BCUT2D eigenvalue weighted by atomic mass is 10.1. The van der Waals surface area contributed by atoms with Crippen LogP contribution in [0.1, 0.15) is 28.5 Å². The van der Waals surface area contributed by atoms with Crippen LogP contribution >= 0.6 is 0 Å². The molecule has 0 radical (unpaired) electrons. The Labute approximate surface area is 196 Å². The fourth-order valence-corrected chi connectivity index (χ4v) is 4.68. The molecule has 2 aromatic carbocycles. The highest BCUT2D eigenvalue weighted by atomic mass is 32.2. The molecule has 8 nitrogen and oxygen atoms in total. The summed E-state index contributed by atoms with van der Waals surface area (Å²) in [6.07, 6.45) is 1.36. The van der Waals surface area contributed by atoms with Gasteiger partial charge in [-0.1, -0.05) is 30.3 Å². The third kappa shape index (κ3) is 4.76. The van der Waals surface area contributed by atoms with E-state index in [1.807, 2.05) is 30.3 Å². The van der Waals surface area contributed by atoms with Crippen LogP contribution in [0.15, 0.2) is 65.7 Å². The van der Waals surface area contributed by atoms with Gasteiger partial charge in [0.1, 0.15) is 17.3 Å². The number of halogens is 1. The van der Waals surface area contributed by atoms with Crippen LogP contribution in [0.4, 0.5) is 10.1 Å². The van der Waals surface area contributed by atoms with Crippen molar-refractivity contribution in [3.8, 4) is 0 Å². The molecule has 0 saturated carbocycles. The number of nitrogens with one attached hydrogen (secondary N) is 1. The number of hydrogen-bond acceptors (Lipinski definition) is 7. The molecule has 0 unspecified atom stereocenters. The summed E-state index contributed by atoms with van der Waals surface area (Å²) in [5.41, 5.74) is 2.45. The first-order valence-electron chi connectivity index (χ1n) is 10.6. The smallest absolute Gasteiger partial charge is 0.341 e. The monoisotopic (exact) mass is 482 g/mol. The van der Waals surface area contributed by atoms with Gasteiger partial charge in [-0.25, -0.2) is 27.3 Å². The van der Waals surface area contributed by atoms with E-state index in [4.69, 9.17) is 4.74 Å². The van der Waals surface area contributed by atoms with Crippen molar-refractivity contribution in [3.05, 3.63) is 83.4 Å². The SMILES string of the molecule is CCOC(=O)c1cnc2c(c(C)nn2Cc2ccccc2)c1NCS(=O)(=O)c1ccc(F)cc1. The number of aromatic nitrogens is 3. The number of aryl methyl sites for hydroxylation is 1. The van der Waals surface area contributed by atoms with Crippen molar-refractivity contribution in [3.63, 3.8) is 0 Å². The minimum atomic E-state index is -3.83. The molecule has 10 heteroatoms. The molecule has 0 bridgehead atoms. The molecule has 1 N–H and O–H groups in total. The maximum Gasteiger partial charge on any atom is 0.341 e. The van der Waals surface area contributed by atoms with E-state index < -0.39 is 27.5 Å². The topological polar surface area (TPSA) is 103 Å². The van der Waals surface area contributed by atoms with Crippen LogP contribution in [0.2, 0.25) is 0 Å². The van der Waals surface area contributed by atoms with Gasteiger partial charge in [-0.15, -0.1) is 0 Å². The summed E-state index contributed by atoms with van der Waals surface area (Å²) >= 11 is 0.